The number of benzene rings is 1. The number of hydrogen-bond acceptors (Lipinski definition) is 7. The fraction of sp³-hybridized carbons (Fsp3) is 0.500. The lowest BCUT2D eigenvalue weighted by Crippen LogP contribution is -2.53. The Morgan fingerprint density at radius 1 is 1.17 bits per heavy atom. The molecule has 1 aromatic carbocycles. The molecule has 5 atom stereocenters. The third kappa shape index (κ3) is 3.94. The number of aliphatic hydroxyl groups excluding tert-OH is 1. The molecular formula is C26H30N2O6S. The first-order valence-electron chi connectivity index (χ1n) is 12.1. The highest BCUT2D eigenvalue weighted by Crippen LogP contribution is 2.60. The van der Waals surface area contributed by atoms with Crippen LogP contribution in [0, 0.1) is 11.8 Å². The molecule has 2 amide bonds. The maximum Gasteiger partial charge on any atom is 0.311 e. The molecule has 0 saturated carbocycles. The van der Waals surface area contributed by atoms with Gasteiger partial charge in [-0.2, -0.15) is 0 Å². The molecule has 2 fully saturated rings. The lowest BCUT2D eigenvalue weighted by Gasteiger charge is -2.35. The first-order valence-corrected chi connectivity index (χ1v) is 13.0. The van der Waals surface area contributed by atoms with Gasteiger partial charge >= 0.3 is 5.97 Å². The molecule has 186 valence electrons. The van der Waals surface area contributed by atoms with Gasteiger partial charge in [-0.1, -0.05) is 24.3 Å². The van der Waals surface area contributed by atoms with Crippen molar-refractivity contribution in [1.82, 2.24) is 4.90 Å². The van der Waals surface area contributed by atoms with Crippen molar-refractivity contribution in [3.05, 3.63) is 48.6 Å². The predicted octanol–water partition coefficient (Wildman–Crippen LogP) is 2.17. The Bertz CT molecular complexity index is 1060. The number of carbonyl (C=O) groups excluding carboxylic acids is 3. The third-order valence-electron chi connectivity index (χ3n) is 7.29. The molecule has 1 spiro atoms. The van der Waals surface area contributed by atoms with Crippen molar-refractivity contribution in [3.63, 3.8) is 0 Å². The Morgan fingerprint density at radius 2 is 1.97 bits per heavy atom. The molecule has 0 aromatic heterocycles. The van der Waals surface area contributed by atoms with Crippen LogP contribution in [0.15, 0.2) is 48.6 Å². The topological polar surface area (TPSA) is 96.4 Å². The van der Waals surface area contributed by atoms with Gasteiger partial charge in [-0.05, 0) is 43.5 Å². The number of nitrogens with zero attached hydrogens (tertiary/aromatic N) is 2. The number of likely N-dealkylation sites (tertiary alicyclic amines) is 1. The number of anilines is 1. The summed E-state index contributed by atoms with van der Waals surface area (Å²) in [5, 5.41) is 9.24. The van der Waals surface area contributed by atoms with E-state index in [1.807, 2.05) is 30.4 Å². The molecule has 8 nitrogen and oxygen atoms in total. The van der Waals surface area contributed by atoms with E-state index in [1.54, 1.807) is 29.0 Å². The summed E-state index contributed by atoms with van der Waals surface area (Å²) in [6.07, 6.45) is 9.89. The van der Waals surface area contributed by atoms with E-state index in [1.165, 1.54) is 11.8 Å². The van der Waals surface area contributed by atoms with E-state index < -0.39 is 22.6 Å². The second-order valence-electron chi connectivity index (χ2n) is 9.24. The van der Waals surface area contributed by atoms with Crippen LogP contribution in [0.2, 0.25) is 0 Å². The Balaban J connectivity index is 1.58. The summed E-state index contributed by atoms with van der Waals surface area (Å²) in [6, 6.07) is 6.47. The standard InChI is InChI=1S/C26H30N2O6S/c1-33-18-10-8-17(9-11-18)27-13-5-12-26-21(23(30)28(14-6-15-29)22(26)24(27)31)20-19(35-26)7-3-2-4-16-34-25(20)32/h3,5,7-12,19-22,29H,2,4,6,13-16H2,1H3/b7-3-/t19-,20+,21-,22?,26-/m0/s1. The molecule has 0 aliphatic carbocycles. The molecular weight excluding hydrogens is 468 g/mol. The number of allylic oxidation sites excluding steroid dienone is 1. The highest BCUT2D eigenvalue weighted by atomic mass is 32.2. The van der Waals surface area contributed by atoms with E-state index >= 15 is 0 Å². The molecule has 0 bridgehead atoms. The smallest absolute Gasteiger partial charge is 0.311 e. The molecule has 1 aromatic rings. The molecule has 4 heterocycles. The van der Waals surface area contributed by atoms with Crippen LogP contribution in [-0.2, 0) is 19.1 Å². The van der Waals surface area contributed by atoms with Crippen molar-refractivity contribution >= 4 is 35.2 Å². The number of methoxy groups -OCH3 is 1. The van der Waals surface area contributed by atoms with Crippen LogP contribution in [0.4, 0.5) is 5.69 Å². The van der Waals surface area contributed by atoms with E-state index in [4.69, 9.17) is 9.47 Å². The average Bonchev–Trinajstić information content (AvgIpc) is 3.27. The Kier molecular flexibility index (Phi) is 6.63. The van der Waals surface area contributed by atoms with Gasteiger partial charge in [0.25, 0.3) is 5.91 Å². The summed E-state index contributed by atoms with van der Waals surface area (Å²) in [5.41, 5.74) is 0.709. The highest BCUT2D eigenvalue weighted by molar-refractivity contribution is 8.02. The number of fused-ring (bicyclic) bond motifs is 2. The van der Waals surface area contributed by atoms with Crippen molar-refractivity contribution in [3.8, 4) is 5.75 Å². The van der Waals surface area contributed by atoms with Crippen molar-refractivity contribution < 1.29 is 29.0 Å². The third-order valence-corrected chi connectivity index (χ3v) is 9.04. The molecule has 1 unspecified atom stereocenters. The summed E-state index contributed by atoms with van der Waals surface area (Å²) in [6.45, 7) is 0.832. The maximum atomic E-state index is 14.2. The van der Waals surface area contributed by atoms with E-state index in [0.717, 1.165) is 12.8 Å². The molecule has 0 radical (unpaired) electrons. The van der Waals surface area contributed by atoms with Gasteiger partial charge in [0.15, 0.2) is 0 Å². The van der Waals surface area contributed by atoms with Crippen LogP contribution < -0.4 is 9.64 Å². The van der Waals surface area contributed by atoms with Gasteiger partial charge in [0, 0.05) is 30.6 Å². The summed E-state index contributed by atoms with van der Waals surface area (Å²) < 4.78 is 9.93. The summed E-state index contributed by atoms with van der Waals surface area (Å²) in [5.74, 6) is -1.45. The van der Waals surface area contributed by atoms with Crippen LogP contribution in [0.5, 0.6) is 5.75 Å². The van der Waals surface area contributed by atoms with Gasteiger partial charge in [-0.25, -0.2) is 0 Å². The highest BCUT2D eigenvalue weighted by Gasteiger charge is 2.70. The first kappa shape index (κ1) is 23.9. The Morgan fingerprint density at radius 3 is 2.71 bits per heavy atom. The quantitative estimate of drug-likeness (QED) is 0.491. The van der Waals surface area contributed by atoms with Crippen LogP contribution in [0.1, 0.15) is 19.3 Å². The summed E-state index contributed by atoms with van der Waals surface area (Å²) >= 11 is 1.53. The minimum absolute atomic E-state index is 0.0929. The molecule has 5 rings (SSSR count). The van der Waals surface area contributed by atoms with Gasteiger partial charge in [-0.15, -0.1) is 11.8 Å². The van der Waals surface area contributed by atoms with E-state index in [-0.39, 0.29) is 36.2 Å². The molecule has 4 aliphatic heterocycles. The minimum Gasteiger partial charge on any atom is -0.497 e. The normalized spacial score (nSPS) is 33.1. The van der Waals surface area contributed by atoms with Crippen LogP contribution >= 0.6 is 11.8 Å². The number of hydrogen-bond donors (Lipinski definition) is 1. The Hall–Kier alpha value is -2.78. The summed E-state index contributed by atoms with van der Waals surface area (Å²) in [4.78, 5) is 44.5. The molecule has 1 N–H and O–H groups in total. The van der Waals surface area contributed by atoms with Gasteiger partial charge in [0.2, 0.25) is 5.91 Å². The van der Waals surface area contributed by atoms with E-state index in [0.29, 0.717) is 31.0 Å². The van der Waals surface area contributed by atoms with E-state index in [9.17, 15) is 19.5 Å². The van der Waals surface area contributed by atoms with Crippen LogP contribution in [0.3, 0.4) is 0 Å². The SMILES string of the molecule is COc1ccc(N2CC=C[C@]34S[C@H]5/C=C\CCCOC(=O)[C@H]5[C@H]3C(=O)N(CCCO)C4C2=O)cc1. The number of thioether (sulfide) groups is 1. The zero-order valence-corrected chi connectivity index (χ0v) is 20.5. The summed E-state index contributed by atoms with van der Waals surface area (Å²) in [7, 11) is 1.59. The number of cyclic esters (lactones) is 1. The number of amides is 2. The number of aliphatic hydroxyl groups is 1. The molecule has 35 heavy (non-hydrogen) atoms. The monoisotopic (exact) mass is 498 g/mol. The lowest BCUT2D eigenvalue weighted by molar-refractivity contribution is -0.153. The second-order valence-corrected chi connectivity index (χ2v) is 10.7. The molecule has 4 aliphatic rings. The fourth-order valence-electron chi connectivity index (χ4n) is 5.73. The van der Waals surface area contributed by atoms with Gasteiger partial charge < -0.3 is 24.4 Å². The first-order chi connectivity index (χ1) is 17.0. The van der Waals surface area contributed by atoms with Gasteiger partial charge in [0.1, 0.15) is 11.8 Å². The second kappa shape index (κ2) is 9.70. The number of esters is 1. The minimum atomic E-state index is -0.886. The van der Waals surface area contributed by atoms with Gasteiger partial charge in [0.05, 0.1) is 30.3 Å². The molecule has 9 heteroatoms. The lowest BCUT2D eigenvalue weighted by atomic mass is 9.78. The van der Waals surface area contributed by atoms with Crippen LogP contribution in [0.25, 0.3) is 0 Å². The average molecular weight is 499 g/mol. The number of ether oxygens (including phenoxy) is 2. The van der Waals surface area contributed by atoms with Crippen molar-refractivity contribution in [2.45, 2.75) is 35.3 Å². The van der Waals surface area contributed by atoms with E-state index in [2.05, 4.69) is 6.08 Å². The van der Waals surface area contributed by atoms with Crippen LogP contribution in [-0.4, -0.2) is 77.2 Å². The van der Waals surface area contributed by atoms with Crippen molar-refractivity contribution in [1.29, 1.82) is 0 Å². The number of rotatable bonds is 5. The maximum absolute atomic E-state index is 14.2. The predicted molar refractivity (Wildman–Crippen MR) is 132 cm³/mol. The zero-order valence-electron chi connectivity index (χ0n) is 19.7. The molecule has 2 saturated heterocycles. The van der Waals surface area contributed by atoms with Crippen molar-refractivity contribution in [2.24, 2.45) is 11.8 Å². The van der Waals surface area contributed by atoms with Crippen molar-refractivity contribution in [2.75, 3.05) is 38.3 Å². The zero-order chi connectivity index (χ0) is 24.6. The largest absolute Gasteiger partial charge is 0.497 e. The Labute approximate surface area is 208 Å². The fourth-order valence-corrected chi connectivity index (χ4v) is 7.73. The van der Waals surface area contributed by atoms with Gasteiger partial charge in [-0.3, -0.25) is 14.4 Å². The number of carbonyl (C=O) groups is 3.